The van der Waals surface area contributed by atoms with Gasteiger partial charge in [0.1, 0.15) is 0 Å². The second-order valence-electron chi connectivity index (χ2n) is 8.93. The fraction of sp³-hybridized carbons (Fsp3) is 0.458. The summed E-state index contributed by atoms with van der Waals surface area (Å²) in [6.07, 6.45) is 3.08. The van der Waals surface area contributed by atoms with E-state index in [0.29, 0.717) is 18.6 Å². The van der Waals surface area contributed by atoms with Crippen molar-refractivity contribution in [2.24, 2.45) is 5.41 Å². The number of rotatable bonds is 3. The Bertz CT molecular complexity index is 933. The number of ether oxygens (including phenoxy) is 2. The van der Waals surface area contributed by atoms with Gasteiger partial charge in [0, 0.05) is 30.6 Å². The molecule has 5 nitrogen and oxygen atoms in total. The lowest BCUT2D eigenvalue weighted by Crippen LogP contribution is -2.49. The summed E-state index contributed by atoms with van der Waals surface area (Å²) in [5.74, 6) is 1.62. The topological polar surface area (TPSA) is 59.0 Å². The van der Waals surface area contributed by atoms with E-state index in [1.54, 1.807) is 0 Å². The highest BCUT2D eigenvalue weighted by Crippen LogP contribution is 2.43. The van der Waals surface area contributed by atoms with Gasteiger partial charge in [0.2, 0.25) is 6.79 Å². The number of ketones is 1. The molecular formula is C24H27NO4. The number of nitrogens with zero attached hydrogens (tertiary/aromatic N) is 1. The molecule has 1 N–H and O–H groups in total. The van der Waals surface area contributed by atoms with Crippen LogP contribution in [0.3, 0.4) is 0 Å². The number of carbonyl (C=O) groups is 1. The maximum Gasteiger partial charge on any atom is 0.231 e. The van der Waals surface area contributed by atoms with Gasteiger partial charge in [-0.1, -0.05) is 37.3 Å². The number of fused-ring (bicyclic) bond motifs is 2. The summed E-state index contributed by atoms with van der Waals surface area (Å²) in [5.41, 5.74) is 1.65. The van der Waals surface area contributed by atoms with Crippen LogP contribution in [0, 0.1) is 5.41 Å². The molecule has 0 amide bonds. The van der Waals surface area contributed by atoms with Crippen LogP contribution in [0.4, 0.5) is 0 Å². The lowest BCUT2D eigenvalue weighted by Gasteiger charge is -2.43. The lowest BCUT2D eigenvalue weighted by molar-refractivity contribution is -0.0326. The summed E-state index contributed by atoms with van der Waals surface area (Å²) in [5, 5.41) is 11.1. The van der Waals surface area contributed by atoms with Crippen molar-refractivity contribution in [1.82, 2.24) is 4.90 Å². The van der Waals surface area contributed by atoms with Gasteiger partial charge in [-0.3, -0.25) is 4.79 Å². The summed E-state index contributed by atoms with van der Waals surface area (Å²) in [6, 6.07) is 13.8. The van der Waals surface area contributed by atoms with Gasteiger partial charge in [0.15, 0.2) is 17.3 Å². The van der Waals surface area contributed by atoms with Crippen LogP contribution >= 0.6 is 0 Å². The third-order valence-corrected chi connectivity index (χ3v) is 6.90. The molecule has 5 rings (SSSR count). The molecular weight excluding hydrogens is 366 g/mol. The predicted molar refractivity (Wildman–Crippen MR) is 109 cm³/mol. The number of hydrogen-bond acceptors (Lipinski definition) is 5. The Kier molecular flexibility index (Phi) is 4.41. The summed E-state index contributed by atoms with van der Waals surface area (Å²) in [6.45, 7) is 4.62. The third kappa shape index (κ3) is 3.22. The molecule has 1 aliphatic carbocycles. The third-order valence-electron chi connectivity index (χ3n) is 6.90. The first-order valence-corrected chi connectivity index (χ1v) is 10.4. The monoisotopic (exact) mass is 393 g/mol. The molecule has 1 saturated heterocycles. The van der Waals surface area contributed by atoms with Gasteiger partial charge < -0.3 is 19.5 Å². The average Bonchev–Trinajstić information content (AvgIpc) is 3.20. The Hall–Kier alpha value is -2.37. The minimum Gasteiger partial charge on any atom is -0.454 e. The second kappa shape index (κ2) is 6.85. The zero-order chi connectivity index (χ0) is 20.1. The van der Waals surface area contributed by atoms with E-state index in [2.05, 4.69) is 11.8 Å². The van der Waals surface area contributed by atoms with E-state index in [9.17, 15) is 9.90 Å². The molecule has 1 fully saturated rings. The molecule has 0 spiro atoms. The van der Waals surface area contributed by atoms with Crippen molar-refractivity contribution < 1.29 is 19.4 Å². The summed E-state index contributed by atoms with van der Waals surface area (Å²) in [4.78, 5) is 15.7. The van der Waals surface area contributed by atoms with Crippen LogP contribution in [0.25, 0.3) is 0 Å². The van der Waals surface area contributed by atoms with Crippen molar-refractivity contribution in [3.63, 3.8) is 0 Å². The summed E-state index contributed by atoms with van der Waals surface area (Å²) < 4.78 is 10.9. The van der Waals surface area contributed by atoms with Crippen LogP contribution in [0.15, 0.2) is 42.5 Å². The van der Waals surface area contributed by atoms with Crippen molar-refractivity contribution in [2.75, 3.05) is 26.4 Å². The zero-order valence-electron chi connectivity index (χ0n) is 16.8. The largest absolute Gasteiger partial charge is 0.454 e. The Labute approximate surface area is 171 Å². The molecule has 1 unspecified atom stereocenters. The van der Waals surface area contributed by atoms with Crippen molar-refractivity contribution in [1.29, 1.82) is 0 Å². The van der Waals surface area contributed by atoms with Gasteiger partial charge in [-0.05, 0) is 48.9 Å². The van der Waals surface area contributed by atoms with Crippen LogP contribution in [-0.2, 0) is 12.0 Å². The van der Waals surface area contributed by atoms with Crippen molar-refractivity contribution in [3.8, 4) is 11.5 Å². The number of benzene rings is 2. The maximum atomic E-state index is 13.4. The molecule has 3 aliphatic rings. The Balaban J connectivity index is 1.30. The average molecular weight is 393 g/mol. The van der Waals surface area contributed by atoms with E-state index >= 15 is 0 Å². The minimum absolute atomic E-state index is 0.195. The van der Waals surface area contributed by atoms with Crippen LogP contribution in [0.1, 0.15) is 47.7 Å². The van der Waals surface area contributed by atoms with E-state index in [1.165, 1.54) is 0 Å². The van der Waals surface area contributed by atoms with Crippen molar-refractivity contribution >= 4 is 5.78 Å². The molecule has 0 bridgehead atoms. The minimum atomic E-state index is -0.764. The summed E-state index contributed by atoms with van der Waals surface area (Å²) in [7, 11) is 0. The quantitative estimate of drug-likeness (QED) is 0.865. The van der Waals surface area contributed by atoms with E-state index in [1.807, 2.05) is 42.5 Å². The molecule has 5 heteroatoms. The van der Waals surface area contributed by atoms with Crippen LogP contribution < -0.4 is 9.47 Å². The van der Waals surface area contributed by atoms with E-state index in [0.717, 1.165) is 54.9 Å². The van der Waals surface area contributed by atoms with E-state index in [4.69, 9.17) is 9.47 Å². The van der Waals surface area contributed by atoms with Crippen LogP contribution in [-0.4, -0.2) is 42.2 Å². The summed E-state index contributed by atoms with van der Waals surface area (Å²) >= 11 is 0. The first-order chi connectivity index (χ1) is 14.0. The molecule has 2 aromatic carbocycles. The normalized spacial score (nSPS) is 25.7. The fourth-order valence-corrected chi connectivity index (χ4v) is 5.01. The van der Waals surface area contributed by atoms with Crippen LogP contribution in [0.2, 0.25) is 0 Å². The Morgan fingerprint density at radius 3 is 2.45 bits per heavy atom. The number of Topliss-reactive ketones (excluding diaryl/α,β-unsaturated/α-hetero) is 1. The van der Waals surface area contributed by atoms with E-state index in [-0.39, 0.29) is 12.6 Å². The molecule has 29 heavy (non-hydrogen) atoms. The smallest absolute Gasteiger partial charge is 0.231 e. The van der Waals surface area contributed by atoms with Gasteiger partial charge in [0.05, 0.1) is 5.60 Å². The standard InChI is InChI=1S/C24H27NO4/c1-23(8-7-17-13-20-21(29-16-28-20)14-19(17)22(23)26)15-25-11-9-24(27,10-12-25)18-5-3-2-4-6-18/h2-6,13-14,27H,7-12,15-16H2,1H3. The van der Waals surface area contributed by atoms with Gasteiger partial charge in [-0.2, -0.15) is 0 Å². The zero-order valence-corrected chi connectivity index (χ0v) is 16.8. The highest BCUT2D eigenvalue weighted by Gasteiger charge is 2.42. The number of hydrogen-bond donors (Lipinski definition) is 1. The van der Waals surface area contributed by atoms with Gasteiger partial charge in [-0.15, -0.1) is 0 Å². The van der Waals surface area contributed by atoms with E-state index < -0.39 is 11.0 Å². The number of piperidine rings is 1. The second-order valence-corrected chi connectivity index (χ2v) is 8.93. The molecule has 1 atom stereocenters. The van der Waals surface area contributed by atoms with Crippen molar-refractivity contribution in [2.45, 2.75) is 38.2 Å². The number of likely N-dealkylation sites (tertiary alicyclic amines) is 1. The highest BCUT2D eigenvalue weighted by atomic mass is 16.7. The number of aryl methyl sites for hydroxylation is 1. The van der Waals surface area contributed by atoms with Crippen molar-refractivity contribution in [3.05, 3.63) is 59.2 Å². The first kappa shape index (κ1) is 18.6. The van der Waals surface area contributed by atoms with Gasteiger partial charge in [-0.25, -0.2) is 0 Å². The lowest BCUT2D eigenvalue weighted by atomic mass is 9.71. The molecule has 0 radical (unpaired) electrons. The number of carbonyl (C=O) groups excluding carboxylic acids is 1. The van der Waals surface area contributed by atoms with Gasteiger partial charge >= 0.3 is 0 Å². The molecule has 2 aliphatic heterocycles. The van der Waals surface area contributed by atoms with Gasteiger partial charge in [0.25, 0.3) is 0 Å². The first-order valence-electron chi connectivity index (χ1n) is 10.4. The molecule has 2 heterocycles. The molecule has 152 valence electrons. The SMILES string of the molecule is CC1(CN2CCC(O)(c3ccccc3)CC2)CCc2cc3c(cc2C1=O)OCO3. The molecule has 2 aromatic rings. The maximum absolute atomic E-state index is 13.4. The predicted octanol–water partition coefficient (Wildman–Crippen LogP) is 3.53. The number of aliphatic hydroxyl groups is 1. The Morgan fingerprint density at radius 2 is 1.72 bits per heavy atom. The molecule has 0 saturated carbocycles. The molecule has 0 aromatic heterocycles. The fourth-order valence-electron chi connectivity index (χ4n) is 5.01. The van der Waals surface area contributed by atoms with Crippen LogP contribution in [0.5, 0.6) is 11.5 Å². The Morgan fingerprint density at radius 1 is 1.03 bits per heavy atom. The highest BCUT2D eigenvalue weighted by molar-refractivity contribution is 6.03.